The minimum Gasteiger partial charge on any atom is -0.318 e. The Morgan fingerprint density at radius 3 is 2.59 bits per heavy atom. The van der Waals surface area contributed by atoms with Crippen molar-refractivity contribution in [2.45, 2.75) is 19.9 Å². The molecule has 0 radical (unpaired) electrons. The number of hydrogen-bond acceptors (Lipinski definition) is 4. The number of amides is 3. The minimum absolute atomic E-state index is 0.206. The number of urea groups is 1. The summed E-state index contributed by atoms with van der Waals surface area (Å²) in [6.45, 7) is 3.79. The van der Waals surface area contributed by atoms with Crippen LogP contribution in [0.3, 0.4) is 0 Å². The van der Waals surface area contributed by atoms with Gasteiger partial charge in [-0.15, -0.1) is 11.3 Å². The molecule has 0 aliphatic rings. The molecule has 1 unspecified atom stereocenters. The van der Waals surface area contributed by atoms with Gasteiger partial charge in [-0.3, -0.25) is 15.2 Å². The lowest BCUT2D eigenvalue weighted by Crippen LogP contribution is -2.48. The summed E-state index contributed by atoms with van der Waals surface area (Å²) >= 11 is 1.37. The number of rotatable bonds is 3. The fraction of sp³-hybridized carbons (Fsp3) is 0.267. The Kier molecular flexibility index (Phi) is 5.11. The number of nitrogens with one attached hydrogen (secondary N) is 2. The maximum Gasteiger partial charge on any atom is 0.336 e. The summed E-state index contributed by atoms with van der Waals surface area (Å²) in [7, 11) is 1.65. The van der Waals surface area contributed by atoms with Gasteiger partial charge in [0.1, 0.15) is 0 Å². The molecule has 1 atom stereocenters. The first kappa shape index (κ1) is 16.0. The van der Waals surface area contributed by atoms with Gasteiger partial charge in [-0.1, -0.05) is 6.07 Å². The smallest absolute Gasteiger partial charge is 0.318 e. The van der Waals surface area contributed by atoms with Gasteiger partial charge in [0, 0.05) is 18.1 Å². The molecule has 116 valence electrons. The Bertz CT molecular complexity index is 657. The number of hydrogen-bond donors (Lipinski definition) is 2. The molecule has 2 N–H and O–H groups in total. The molecule has 0 bridgehead atoms. The summed E-state index contributed by atoms with van der Waals surface area (Å²) in [5, 5.41) is 0. The zero-order valence-corrected chi connectivity index (χ0v) is 13.5. The Morgan fingerprint density at radius 2 is 2.00 bits per heavy atom. The van der Waals surface area contributed by atoms with Crippen molar-refractivity contribution >= 4 is 23.3 Å². The summed E-state index contributed by atoms with van der Waals surface area (Å²) in [6.07, 6.45) is 1.68. The predicted octanol–water partition coefficient (Wildman–Crippen LogP) is 2.50. The van der Waals surface area contributed by atoms with Crippen LogP contribution in [0.2, 0.25) is 0 Å². The number of pyridine rings is 1. The maximum atomic E-state index is 12.1. The van der Waals surface area contributed by atoms with Crippen molar-refractivity contribution in [3.8, 4) is 0 Å². The molecular weight excluding hydrogens is 300 g/mol. The van der Waals surface area contributed by atoms with E-state index >= 15 is 0 Å². The Labute approximate surface area is 133 Å². The number of carbonyl (C=O) groups is 2. The van der Waals surface area contributed by atoms with Crippen LogP contribution in [0, 0.1) is 6.92 Å². The fourth-order valence-electron chi connectivity index (χ4n) is 1.81. The largest absolute Gasteiger partial charge is 0.336 e. The molecule has 2 heterocycles. The van der Waals surface area contributed by atoms with Gasteiger partial charge in [-0.25, -0.2) is 10.2 Å². The van der Waals surface area contributed by atoms with Crippen LogP contribution in [0.4, 0.5) is 4.79 Å². The van der Waals surface area contributed by atoms with E-state index in [1.54, 1.807) is 19.3 Å². The van der Waals surface area contributed by atoms with Gasteiger partial charge in [0.25, 0.3) is 5.91 Å². The number of hydrazine groups is 1. The Balaban J connectivity index is 1.90. The Morgan fingerprint density at radius 1 is 1.23 bits per heavy atom. The fourth-order valence-corrected chi connectivity index (χ4v) is 2.58. The molecule has 3 amide bonds. The second-order valence-electron chi connectivity index (χ2n) is 4.84. The standard InChI is InChI=1S/C15H18N4O2S/c1-10-7-8-13(22-10)14(20)17-18-15(21)19(3)11(2)12-6-4-5-9-16-12/h4-9,11H,1-3H3,(H,17,20)(H,18,21). The molecule has 22 heavy (non-hydrogen) atoms. The van der Waals surface area contributed by atoms with Gasteiger partial charge in [-0.05, 0) is 38.1 Å². The van der Waals surface area contributed by atoms with E-state index in [2.05, 4.69) is 15.8 Å². The molecule has 2 aromatic rings. The number of nitrogens with zero attached hydrogens (tertiary/aromatic N) is 2. The van der Waals surface area contributed by atoms with Gasteiger partial charge in [-0.2, -0.15) is 0 Å². The van der Waals surface area contributed by atoms with Crippen LogP contribution < -0.4 is 10.9 Å². The van der Waals surface area contributed by atoms with Crippen LogP contribution in [-0.2, 0) is 0 Å². The van der Waals surface area contributed by atoms with Crippen molar-refractivity contribution in [3.05, 3.63) is 52.0 Å². The first-order chi connectivity index (χ1) is 10.5. The molecule has 0 saturated heterocycles. The molecule has 0 aromatic carbocycles. The molecular formula is C15H18N4O2S. The van der Waals surface area contributed by atoms with Gasteiger partial charge < -0.3 is 4.90 Å². The average Bonchev–Trinajstić information content (AvgIpc) is 2.98. The van der Waals surface area contributed by atoms with E-state index < -0.39 is 6.03 Å². The van der Waals surface area contributed by atoms with Crippen LogP contribution in [0.5, 0.6) is 0 Å². The van der Waals surface area contributed by atoms with Crippen LogP contribution in [0.25, 0.3) is 0 Å². The maximum absolute atomic E-state index is 12.1. The molecule has 0 aliphatic heterocycles. The highest BCUT2D eigenvalue weighted by Crippen LogP contribution is 2.16. The molecule has 6 nitrogen and oxygen atoms in total. The number of thiophene rings is 1. The van der Waals surface area contributed by atoms with Crippen molar-refractivity contribution in [2.75, 3.05) is 7.05 Å². The van der Waals surface area contributed by atoms with Gasteiger partial charge in [0.15, 0.2) is 0 Å². The van der Waals surface area contributed by atoms with Crippen LogP contribution >= 0.6 is 11.3 Å². The van der Waals surface area contributed by atoms with Crippen molar-refractivity contribution in [2.24, 2.45) is 0 Å². The second kappa shape index (κ2) is 7.04. The van der Waals surface area contributed by atoms with Crippen molar-refractivity contribution in [1.29, 1.82) is 0 Å². The topological polar surface area (TPSA) is 74.3 Å². The molecule has 2 aromatic heterocycles. The van der Waals surface area contributed by atoms with E-state index in [4.69, 9.17) is 0 Å². The van der Waals surface area contributed by atoms with E-state index in [1.165, 1.54) is 16.2 Å². The summed E-state index contributed by atoms with van der Waals surface area (Å²) in [6, 6.07) is 8.51. The lowest BCUT2D eigenvalue weighted by molar-refractivity contribution is 0.0933. The molecule has 7 heteroatoms. The first-order valence-electron chi connectivity index (χ1n) is 6.79. The lowest BCUT2D eigenvalue weighted by Gasteiger charge is -2.24. The first-order valence-corrected chi connectivity index (χ1v) is 7.61. The van der Waals surface area contributed by atoms with Gasteiger partial charge in [0.05, 0.1) is 16.6 Å². The average molecular weight is 318 g/mol. The third-order valence-electron chi connectivity index (χ3n) is 3.26. The van der Waals surface area contributed by atoms with Gasteiger partial charge >= 0.3 is 6.03 Å². The highest BCUT2D eigenvalue weighted by atomic mass is 32.1. The monoisotopic (exact) mass is 318 g/mol. The summed E-state index contributed by atoms with van der Waals surface area (Å²) in [4.78, 5) is 31.2. The minimum atomic E-state index is -0.403. The van der Waals surface area contributed by atoms with E-state index in [1.807, 2.05) is 38.1 Å². The van der Waals surface area contributed by atoms with E-state index in [-0.39, 0.29) is 11.9 Å². The Hall–Kier alpha value is -2.41. The van der Waals surface area contributed by atoms with Crippen LogP contribution in [0.1, 0.15) is 33.2 Å². The highest BCUT2D eigenvalue weighted by Gasteiger charge is 2.19. The highest BCUT2D eigenvalue weighted by molar-refractivity contribution is 7.13. The van der Waals surface area contributed by atoms with Crippen LogP contribution in [0.15, 0.2) is 36.5 Å². The molecule has 2 rings (SSSR count). The molecule has 0 fully saturated rings. The predicted molar refractivity (Wildman–Crippen MR) is 85.5 cm³/mol. The third kappa shape index (κ3) is 3.82. The van der Waals surface area contributed by atoms with E-state index in [0.717, 1.165) is 10.6 Å². The SMILES string of the molecule is Cc1ccc(C(=O)NNC(=O)N(C)C(C)c2ccccn2)s1. The van der Waals surface area contributed by atoms with Crippen molar-refractivity contribution in [1.82, 2.24) is 20.7 Å². The normalized spacial score (nSPS) is 11.6. The molecule has 0 saturated carbocycles. The second-order valence-corrected chi connectivity index (χ2v) is 6.12. The molecule has 0 aliphatic carbocycles. The quantitative estimate of drug-likeness (QED) is 0.854. The summed E-state index contributed by atoms with van der Waals surface area (Å²) in [5.41, 5.74) is 5.59. The van der Waals surface area contributed by atoms with Crippen LogP contribution in [-0.4, -0.2) is 28.9 Å². The number of carbonyl (C=O) groups excluding carboxylic acids is 2. The zero-order chi connectivity index (χ0) is 16.1. The number of aryl methyl sites for hydroxylation is 1. The number of aromatic nitrogens is 1. The van der Waals surface area contributed by atoms with Crippen molar-refractivity contribution in [3.63, 3.8) is 0 Å². The van der Waals surface area contributed by atoms with Crippen molar-refractivity contribution < 1.29 is 9.59 Å². The van der Waals surface area contributed by atoms with Gasteiger partial charge in [0.2, 0.25) is 0 Å². The summed E-state index contributed by atoms with van der Waals surface area (Å²) in [5.74, 6) is -0.328. The summed E-state index contributed by atoms with van der Waals surface area (Å²) < 4.78 is 0. The lowest BCUT2D eigenvalue weighted by atomic mass is 10.2. The third-order valence-corrected chi connectivity index (χ3v) is 4.26. The van der Waals surface area contributed by atoms with E-state index in [9.17, 15) is 9.59 Å². The zero-order valence-electron chi connectivity index (χ0n) is 12.7. The molecule has 0 spiro atoms. The van der Waals surface area contributed by atoms with E-state index in [0.29, 0.717) is 4.88 Å².